The third-order valence-corrected chi connectivity index (χ3v) is 6.35. The number of pyridine rings is 1. The summed E-state index contributed by atoms with van der Waals surface area (Å²) in [4.78, 5) is 17.6. The highest BCUT2D eigenvalue weighted by Gasteiger charge is 2.51. The monoisotopic (exact) mass is 465 g/mol. The SMILES string of the molecule is Cc1cc(-c2ccc(NC(=O)C3(c4ccc(C(F)(F)F)cc4)CC3)cc2)c2c(N)nn(C)c2n1. The number of fused-ring (bicyclic) bond motifs is 1. The smallest absolute Gasteiger partial charge is 0.382 e. The standard InChI is InChI=1S/C25H22F3N5O/c1-14-13-19(20-21(29)32-33(2)22(20)30-14)15-3-9-18(10-4-15)31-23(34)24(11-12-24)16-5-7-17(8-6-16)25(26,27)28/h3-10,13H,11-12H2,1-2H3,(H2,29,32)(H,31,34). The fourth-order valence-electron chi connectivity index (χ4n) is 4.36. The number of nitrogens with zero attached hydrogens (tertiary/aromatic N) is 3. The van der Waals surface area contributed by atoms with Crippen molar-refractivity contribution in [3.8, 4) is 11.1 Å². The largest absolute Gasteiger partial charge is 0.416 e. The molecular weight excluding hydrogens is 443 g/mol. The van der Waals surface area contributed by atoms with Gasteiger partial charge in [0, 0.05) is 18.4 Å². The van der Waals surface area contributed by atoms with Crippen LogP contribution in [-0.4, -0.2) is 20.7 Å². The van der Waals surface area contributed by atoms with Gasteiger partial charge in [-0.05, 0) is 66.8 Å². The highest BCUT2D eigenvalue weighted by Crippen LogP contribution is 2.49. The van der Waals surface area contributed by atoms with Crippen LogP contribution in [0.5, 0.6) is 0 Å². The van der Waals surface area contributed by atoms with Gasteiger partial charge in [0.1, 0.15) is 0 Å². The predicted octanol–water partition coefficient (Wildman–Crippen LogP) is 5.22. The molecule has 5 rings (SSSR count). The summed E-state index contributed by atoms with van der Waals surface area (Å²) in [7, 11) is 1.79. The summed E-state index contributed by atoms with van der Waals surface area (Å²) >= 11 is 0. The molecule has 0 unspecified atom stereocenters. The first-order valence-corrected chi connectivity index (χ1v) is 10.8. The summed E-state index contributed by atoms with van der Waals surface area (Å²) in [6, 6.07) is 14.1. The van der Waals surface area contributed by atoms with Crippen molar-refractivity contribution in [2.75, 3.05) is 11.1 Å². The van der Waals surface area contributed by atoms with Crippen molar-refractivity contribution in [2.45, 2.75) is 31.4 Å². The second-order valence-electron chi connectivity index (χ2n) is 8.71. The maximum atomic E-state index is 13.0. The van der Waals surface area contributed by atoms with Gasteiger partial charge in [-0.2, -0.15) is 18.3 Å². The predicted molar refractivity (Wildman–Crippen MR) is 124 cm³/mol. The van der Waals surface area contributed by atoms with Crippen molar-refractivity contribution < 1.29 is 18.0 Å². The lowest BCUT2D eigenvalue weighted by molar-refractivity contribution is -0.137. The van der Waals surface area contributed by atoms with Crippen molar-refractivity contribution in [1.82, 2.24) is 14.8 Å². The second-order valence-corrected chi connectivity index (χ2v) is 8.71. The minimum absolute atomic E-state index is 0.223. The molecule has 0 saturated heterocycles. The normalized spacial score (nSPS) is 14.9. The summed E-state index contributed by atoms with van der Waals surface area (Å²) in [6.45, 7) is 1.90. The topological polar surface area (TPSA) is 85.8 Å². The van der Waals surface area contributed by atoms with E-state index in [4.69, 9.17) is 5.73 Å². The van der Waals surface area contributed by atoms with Crippen LogP contribution < -0.4 is 11.1 Å². The number of hydrogen-bond acceptors (Lipinski definition) is 4. The number of aromatic nitrogens is 3. The molecule has 174 valence electrons. The Morgan fingerprint density at radius 3 is 2.32 bits per heavy atom. The van der Waals surface area contributed by atoms with Crippen molar-refractivity contribution in [3.63, 3.8) is 0 Å². The minimum Gasteiger partial charge on any atom is -0.382 e. The first-order chi connectivity index (χ1) is 16.1. The van der Waals surface area contributed by atoms with Crippen LogP contribution in [0.15, 0.2) is 54.6 Å². The molecule has 6 nitrogen and oxygen atoms in total. The second kappa shape index (κ2) is 7.58. The Hall–Kier alpha value is -3.88. The Morgan fingerprint density at radius 1 is 1.09 bits per heavy atom. The zero-order chi connectivity index (χ0) is 24.3. The van der Waals surface area contributed by atoms with Gasteiger partial charge < -0.3 is 11.1 Å². The van der Waals surface area contributed by atoms with Gasteiger partial charge in [-0.1, -0.05) is 24.3 Å². The van der Waals surface area contributed by atoms with E-state index in [1.54, 1.807) is 23.9 Å². The molecule has 1 fully saturated rings. The van der Waals surface area contributed by atoms with Gasteiger partial charge in [0.2, 0.25) is 5.91 Å². The van der Waals surface area contributed by atoms with E-state index in [1.165, 1.54) is 12.1 Å². The number of carbonyl (C=O) groups is 1. The summed E-state index contributed by atoms with van der Waals surface area (Å²) < 4.78 is 40.3. The number of halogens is 3. The molecule has 0 radical (unpaired) electrons. The molecule has 1 aliphatic carbocycles. The van der Waals surface area contributed by atoms with Crippen molar-refractivity contribution in [2.24, 2.45) is 7.05 Å². The van der Waals surface area contributed by atoms with Crippen LogP contribution in [0, 0.1) is 6.92 Å². The number of amides is 1. The van der Waals surface area contributed by atoms with Gasteiger partial charge in [-0.25, -0.2) is 9.67 Å². The van der Waals surface area contributed by atoms with Crippen molar-refractivity contribution in [1.29, 1.82) is 0 Å². The average Bonchev–Trinajstić information content (AvgIpc) is 3.55. The van der Waals surface area contributed by atoms with Gasteiger partial charge >= 0.3 is 6.18 Å². The third kappa shape index (κ3) is 3.67. The molecule has 34 heavy (non-hydrogen) atoms. The molecule has 1 aliphatic rings. The summed E-state index contributed by atoms with van der Waals surface area (Å²) in [5, 5.41) is 7.95. The molecule has 1 amide bonds. The Bertz CT molecular complexity index is 1400. The number of anilines is 2. The van der Waals surface area contributed by atoms with E-state index in [0.29, 0.717) is 35.6 Å². The highest BCUT2D eigenvalue weighted by molar-refractivity contribution is 6.02. The van der Waals surface area contributed by atoms with Crippen molar-refractivity contribution in [3.05, 3.63) is 71.4 Å². The molecule has 3 N–H and O–H groups in total. The van der Waals surface area contributed by atoms with Crippen LogP contribution in [0.4, 0.5) is 24.7 Å². The maximum Gasteiger partial charge on any atom is 0.416 e. The lowest BCUT2D eigenvalue weighted by Crippen LogP contribution is -2.27. The fourth-order valence-corrected chi connectivity index (χ4v) is 4.36. The summed E-state index contributed by atoms with van der Waals surface area (Å²) in [6.07, 6.45) is -3.22. The Kier molecular flexibility index (Phi) is 4.89. The van der Waals surface area contributed by atoms with Gasteiger partial charge in [-0.15, -0.1) is 0 Å². The molecule has 2 aromatic heterocycles. The number of nitrogens with one attached hydrogen (secondary N) is 1. The fraction of sp³-hybridized carbons (Fsp3) is 0.240. The number of aryl methyl sites for hydroxylation is 2. The molecule has 0 aliphatic heterocycles. The Labute approximate surface area is 193 Å². The Balaban J connectivity index is 1.38. The highest BCUT2D eigenvalue weighted by atomic mass is 19.4. The van der Waals surface area contributed by atoms with Crippen LogP contribution in [0.3, 0.4) is 0 Å². The lowest BCUT2D eigenvalue weighted by atomic mass is 9.93. The molecule has 1 saturated carbocycles. The van der Waals surface area contributed by atoms with Gasteiger partial charge in [0.05, 0.1) is 16.4 Å². The van der Waals surface area contributed by atoms with Crippen LogP contribution in [0.1, 0.15) is 29.7 Å². The van der Waals surface area contributed by atoms with Gasteiger partial charge in [-0.3, -0.25) is 4.79 Å². The molecule has 0 bridgehead atoms. The minimum atomic E-state index is -4.40. The summed E-state index contributed by atoms with van der Waals surface area (Å²) in [5.41, 5.74) is 9.12. The zero-order valence-corrected chi connectivity index (χ0v) is 18.6. The number of nitrogen functional groups attached to an aromatic ring is 1. The molecular formula is C25H22F3N5O. The van der Waals surface area contributed by atoms with E-state index in [9.17, 15) is 18.0 Å². The average molecular weight is 465 g/mol. The van der Waals surface area contributed by atoms with Crippen molar-refractivity contribution >= 4 is 28.4 Å². The summed E-state index contributed by atoms with van der Waals surface area (Å²) in [5.74, 6) is 0.170. The maximum absolute atomic E-state index is 13.0. The van der Waals surface area contributed by atoms with E-state index in [0.717, 1.165) is 34.3 Å². The van der Waals surface area contributed by atoms with Crippen LogP contribution in [-0.2, 0) is 23.4 Å². The van der Waals surface area contributed by atoms with Crippen LogP contribution in [0.2, 0.25) is 0 Å². The number of rotatable bonds is 4. The van der Waals surface area contributed by atoms with Gasteiger partial charge in [0.15, 0.2) is 11.5 Å². The first-order valence-electron chi connectivity index (χ1n) is 10.8. The molecule has 2 heterocycles. The van der Waals surface area contributed by atoms with E-state index in [2.05, 4.69) is 15.4 Å². The number of nitrogens with two attached hydrogens (primary N) is 1. The number of alkyl halides is 3. The van der Waals surface area contributed by atoms with Crippen LogP contribution >= 0.6 is 0 Å². The quantitative estimate of drug-likeness (QED) is 0.433. The molecule has 4 aromatic rings. The van der Waals surface area contributed by atoms with E-state index in [-0.39, 0.29) is 5.91 Å². The van der Waals surface area contributed by atoms with Crippen LogP contribution in [0.25, 0.3) is 22.2 Å². The number of carbonyl (C=O) groups excluding carboxylic acids is 1. The molecule has 9 heteroatoms. The number of benzene rings is 2. The first kappa shape index (κ1) is 21.9. The molecule has 0 atom stereocenters. The number of hydrogen-bond donors (Lipinski definition) is 2. The van der Waals surface area contributed by atoms with Gasteiger partial charge in [0.25, 0.3) is 0 Å². The van der Waals surface area contributed by atoms with E-state index in [1.807, 2.05) is 25.1 Å². The van der Waals surface area contributed by atoms with E-state index < -0.39 is 17.2 Å². The third-order valence-electron chi connectivity index (χ3n) is 6.35. The zero-order valence-electron chi connectivity index (χ0n) is 18.6. The lowest BCUT2D eigenvalue weighted by Gasteiger charge is -2.17. The van der Waals surface area contributed by atoms with E-state index >= 15 is 0 Å². The Morgan fingerprint density at radius 2 is 1.74 bits per heavy atom. The molecule has 2 aromatic carbocycles. The molecule has 0 spiro atoms.